The quantitative estimate of drug-likeness (QED) is 0.808. The second-order valence-electron chi connectivity index (χ2n) is 6.78. The summed E-state index contributed by atoms with van der Waals surface area (Å²) in [4.78, 5) is 12.2. The van der Waals surface area contributed by atoms with Crippen molar-refractivity contribution in [2.24, 2.45) is 11.8 Å². The van der Waals surface area contributed by atoms with Crippen LogP contribution in [-0.2, 0) is 4.79 Å². The number of halogens is 1. The molecule has 126 valence electrons. The van der Waals surface area contributed by atoms with E-state index < -0.39 is 5.54 Å². The summed E-state index contributed by atoms with van der Waals surface area (Å²) >= 11 is 0. The highest BCUT2D eigenvalue weighted by Gasteiger charge is 2.31. The molecule has 4 nitrogen and oxygen atoms in total. The highest BCUT2D eigenvalue weighted by Crippen LogP contribution is 2.18. The summed E-state index contributed by atoms with van der Waals surface area (Å²) in [6.45, 7) is 9.90. The maximum atomic E-state index is 13.1. The first kappa shape index (κ1) is 19.1. The zero-order valence-electron chi connectivity index (χ0n) is 14.6. The first-order chi connectivity index (χ1) is 10.7. The van der Waals surface area contributed by atoms with Crippen molar-refractivity contribution in [2.75, 3.05) is 6.54 Å². The number of quaternary nitrogens is 1. The Morgan fingerprint density at radius 1 is 1.30 bits per heavy atom. The number of nitriles is 1. The number of nitrogens with zero attached hydrogens (tertiary/aromatic N) is 1. The van der Waals surface area contributed by atoms with Crippen molar-refractivity contribution in [1.82, 2.24) is 5.32 Å². The lowest BCUT2D eigenvalue weighted by Crippen LogP contribution is -2.88. The van der Waals surface area contributed by atoms with Gasteiger partial charge < -0.3 is 10.6 Å². The van der Waals surface area contributed by atoms with Crippen LogP contribution >= 0.6 is 0 Å². The van der Waals surface area contributed by atoms with E-state index >= 15 is 0 Å². The highest BCUT2D eigenvalue weighted by molar-refractivity contribution is 5.78. The van der Waals surface area contributed by atoms with Gasteiger partial charge in [-0.2, -0.15) is 5.26 Å². The van der Waals surface area contributed by atoms with Gasteiger partial charge in [0.15, 0.2) is 6.54 Å². The molecule has 0 aromatic heterocycles. The van der Waals surface area contributed by atoms with Crippen molar-refractivity contribution < 1.29 is 14.5 Å². The molecule has 1 aromatic carbocycles. The summed E-state index contributed by atoms with van der Waals surface area (Å²) in [5, 5.41) is 14.0. The van der Waals surface area contributed by atoms with Gasteiger partial charge in [-0.1, -0.05) is 39.8 Å². The van der Waals surface area contributed by atoms with E-state index in [1.54, 1.807) is 19.1 Å². The largest absolute Gasteiger partial charge is 0.333 e. The first-order valence-electron chi connectivity index (χ1n) is 8.00. The van der Waals surface area contributed by atoms with Crippen LogP contribution in [0.1, 0.15) is 46.2 Å². The van der Waals surface area contributed by atoms with Gasteiger partial charge in [0.1, 0.15) is 17.4 Å². The molecule has 0 saturated heterocycles. The topological polar surface area (TPSA) is 69.5 Å². The van der Waals surface area contributed by atoms with Crippen molar-refractivity contribution in [1.29, 1.82) is 5.26 Å². The van der Waals surface area contributed by atoms with Crippen LogP contribution in [0.3, 0.4) is 0 Å². The minimum Gasteiger partial charge on any atom is -0.333 e. The minimum absolute atomic E-state index is 0.0226. The molecule has 0 bridgehead atoms. The van der Waals surface area contributed by atoms with Crippen LogP contribution in [0.2, 0.25) is 0 Å². The van der Waals surface area contributed by atoms with E-state index in [1.165, 1.54) is 12.1 Å². The van der Waals surface area contributed by atoms with Crippen molar-refractivity contribution in [3.05, 3.63) is 35.6 Å². The molecule has 0 heterocycles. The summed E-state index contributed by atoms with van der Waals surface area (Å²) in [7, 11) is 0. The lowest BCUT2D eigenvalue weighted by molar-refractivity contribution is -0.692. The maximum absolute atomic E-state index is 13.1. The number of nitrogens with one attached hydrogen (secondary N) is 1. The highest BCUT2D eigenvalue weighted by atomic mass is 19.1. The molecule has 3 N–H and O–H groups in total. The molecule has 0 fully saturated rings. The van der Waals surface area contributed by atoms with Gasteiger partial charge in [-0.15, -0.1) is 0 Å². The Labute approximate surface area is 138 Å². The standard InChI is InChI=1S/C18H26FN3O/c1-12(2)17(14-6-8-15(19)9-7-14)21-10-16(23)22-18(5,11-20)13(3)4/h6-9,12-13,17,21H,10H2,1-5H3,(H,22,23)/p+1/t17-,18-/m0/s1. The van der Waals surface area contributed by atoms with Gasteiger partial charge in [-0.25, -0.2) is 4.39 Å². The molecule has 23 heavy (non-hydrogen) atoms. The molecule has 0 aliphatic rings. The van der Waals surface area contributed by atoms with E-state index in [0.29, 0.717) is 5.92 Å². The third-order valence-corrected chi connectivity index (χ3v) is 4.32. The van der Waals surface area contributed by atoms with E-state index in [2.05, 4.69) is 25.2 Å². The van der Waals surface area contributed by atoms with Gasteiger partial charge in [0, 0.05) is 11.5 Å². The molecule has 0 spiro atoms. The average molecular weight is 320 g/mol. The van der Waals surface area contributed by atoms with Gasteiger partial charge in [0.2, 0.25) is 0 Å². The van der Waals surface area contributed by atoms with Crippen LogP contribution < -0.4 is 10.6 Å². The predicted molar refractivity (Wildman–Crippen MR) is 87.8 cm³/mol. The Balaban J connectivity index is 2.71. The van der Waals surface area contributed by atoms with Crippen molar-refractivity contribution in [3.63, 3.8) is 0 Å². The molecule has 0 aliphatic carbocycles. The molecule has 0 aliphatic heterocycles. The zero-order valence-corrected chi connectivity index (χ0v) is 14.6. The molecular weight excluding hydrogens is 293 g/mol. The summed E-state index contributed by atoms with van der Waals surface area (Å²) in [5.74, 6) is -0.124. The van der Waals surface area contributed by atoms with Crippen LogP contribution in [-0.4, -0.2) is 18.0 Å². The van der Waals surface area contributed by atoms with E-state index in [1.807, 2.05) is 19.2 Å². The number of carbonyl (C=O) groups is 1. The van der Waals surface area contributed by atoms with Crippen LogP contribution in [0, 0.1) is 29.0 Å². The lowest BCUT2D eigenvalue weighted by atomic mass is 9.90. The molecule has 1 amide bonds. The Bertz CT molecular complexity index is 563. The Morgan fingerprint density at radius 3 is 2.30 bits per heavy atom. The summed E-state index contributed by atoms with van der Waals surface area (Å²) < 4.78 is 13.1. The molecule has 1 rings (SSSR count). The number of hydrogen-bond acceptors (Lipinski definition) is 2. The van der Waals surface area contributed by atoms with E-state index in [9.17, 15) is 14.4 Å². The third kappa shape index (κ3) is 5.33. The molecule has 0 saturated carbocycles. The van der Waals surface area contributed by atoms with Crippen LogP contribution in [0.25, 0.3) is 0 Å². The van der Waals surface area contributed by atoms with E-state index in [-0.39, 0.29) is 30.2 Å². The Morgan fingerprint density at radius 2 is 1.87 bits per heavy atom. The average Bonchev–Trinajstić information content (AvgIpc) is 2.48. The van der Waals surface area contributed by atoms with Crippen molar-refractivity contribution in [2.45, 2.75) is 46.2 Å². The third-order valence-electron chi connectivity index (χ3n) is 4.32. The first-order valence-corrected chi connectivity index (χ1v) is 8.00. The maximum Gasteiger partial charge on any atom is 0.276 e. The van der Waals surface area contributed by atoms with Gasteiger partial charge in [-0.3, -0.25) is 4.79 Å². The monoisotopic (exact) mass is 320 g/mol. The van der Waals surface area contributed by atoms with Crippen LogP contribution in [0.4, 0.5) is 4.39 Å². The number of benzene rings is 1. The predicted octanol–water partition coefficient (Wildman–Crippen LogP) is 2.14. The Hall–Kier alpha value is -1.93. The van der Waals surface area contributed by atoms with Gasteiger partial charge in [-0.05, 0) is 25.0 Å². The summed E-state index contributed by atoms with van der Waals surface area (Å²) in [6.07, 6.45) is 0. The number of carbonyl (C=O) groups excluding carboxylic acids is 1. The molecular formula is C18H27FN3O+. The molecule has 5 heteroatoms. The second-order valence-corrected chi connectivity index (χ2v) is 6.78. The van der Waals surface area contributed by atoms with E-state index in [4.69, 9.17) is 0 Å². The van der Waals surface area contributed by atoms with Gasteiger partial charge >= 0.3 is 0 Å². The molecule has 1 aromatic rings. The number of rotatable bonds is 7. The van der Waals surface area contributed by atoms with Crippen molar-refractivity contribution in [3.8, 4) is 6.07 Å². The smallest absolute Gasteiger partial charge is 0.276 e. The summed E-state index contributed by atoms with van der Waals surface area (Å²) in [5.41, 5.74) is 0.120. The molecule has 0 radical (unpaired) electrons. The zero-order chi connectivity index (χ0) is 17.6. The lowest BCUT2D eigenvalue weighted by Gasteiger charge is -2.27. The minimum atomic E-state index is -0.867. The van der Waals surface area contributed by atoms with Crippen LogP contribution in [0.15, 0.2) is 24.3 Å². The fourth-order valence-electron chi connectivity index (χ4n) is 2.35. The Kier molecular flexibility index (Phi) is 6.71. The SMILES string of the molecule is CC(C)[C@H]([NH2+]CC(=O)N[C@@](C)(C#N)C(C)C)c1ccc(F)cc1. The van der Waals surface area contributed by atoms with Gasteiger partial charge in [0.05, 0.1) is 6.07 Å². The fraction of sp³-hybridized carbons (Fsp3) is 0.556. The van der Waals surface area contributed by atoms with Gasteiger partial charge in [0.25, 0.3) is 5.91 Å². The van der Waals surface area contributed by atoms with Crippen LogP contribution in [0.5, 0.6) is 0 Å². The number of amides is 1. The molecule has 0 unspecified atom stereocenters. The fourth-order valence-corrected chi connectivity index (χ4v) is 2.35. The summed E-state index contributed by atoms with van der Waals surface area (Å²) in [6, 6.07) is 8.61. The number of nitrogens with two attached hydrogens (primary N) is 1. The normalized spacial score (nSPS) is 15.1. The molecule has 2 atom stereocenters. The van der Waals surface area contributed by atoms with E-state index in [0.717, 1.165) is 5.56 Å². The second kappa shape index (κ2) is 8.07. The number of hydrogen-bond donors (Lipinski definition) is 2. The van der Waals surface area contributed by atoms with Crippen molar-refractivity contribution >= 4 is 5.91 Å².